The molecule has 1 aliphatic heterocycles. The number of hydrogen-bond donors (Lipinski definition) is 2. The van der Waals surface area contributed by atoms with E-state index < -0.39 is 0 Å². The van der Waals surface area contributed by atoms with E-state index in [1.807, 2.05) is 0 Å². The van der Waals surface area contributed by atoms with Crippen LogP contribution in [0.3, 0.4) is 0 Å². The summed E-state index contributed by atoms with van der Waals surface area (Å²) in [5, 5.41) is 2.40. The monoisotopic (exact) mass is 420 g/mol. The van der Waals surface area contributed by atoms with Crippen molar-refractivity contribution in [2.24, 2.45) is 23.2 Å². The van der Waals surface area contributed by atoms with Gasteiger partial charge in [-0.2, -0.15) is 0 Å². The van der Waals surface area contributed by atoms with Gasteiger partial charge in [0.05, 0.1) is 32.7 Å². The highest BCUT2D eigenvalue weighted by Crippen LogP contribution is 2.56. The SMILES string of the molecule is C=C1CCC[C@@]2(C)C[C@@H]3OC(=O)[C@@H](C[NH2+]CCC[NH+](CCCC)CCCC)[C@H]3C[C@H]12. The molecule has 5 atom stereocenters. The highest BCUT2D eigenvalue weighted by molar-refractivity contribution is 5.75. The van der Waals surface area contributed by atoms with Crippen LogP contribution in [0.5, 0.6) is 0 Å². The van der Waals surface area contributed by atoms with Gasteiger partial charge in [0.1, 0.15) is 12.0 Å². The van der Waals surface area contributed by atoms with Crippen LogP contribution in [0.15, 0.2) is 12.2 Å². The number of carbonyl (C=O) groups is 1. The molecule has 2 aliphatic carbocycles. The first-order valence-corrected chi connectivity index (χ1v) is 13.0. The smallest absolute Gasteiger partial charge is 0.315 e. The van der Waals surface area contributed by atoms with E-state index in [1.165, 1.54) is 76.6 Å². The molecule has 0 aromatic carbocycles. The lowest BCUT2D eigenvalue weighted by atomic mass is 9.55. The fourth-order valence-electron chi connectivity index (χ4n) is 6.55. The Balaban J connectivity index is 1.44. The Bertz CT molecular complexity index is 569. The molecule has 172 valence electrons. The molecule has 30 heavy (non-hydrogen) atoms. The third-order valence-electron chi connectivity index (χ3n) is 8.45. The van der Waals surface area contributed by atoms with Gasteiger partial charge in [0.15, 0.2) is 0 Å². The van der Waals surface area contributed by atoms with Gasteiger partial charge in [-0.15, -0.1) is 0 Å². The van der Waals surface area contributed by atoms with Crippen molar-refractivity contribution in [3.05, 3.63) is 12.2 Å². The number of unbranched alkanes of at least 4 members (excludes halogenated alkanes) is 2. The lowest BCUT2D eigenvalue weighted by molar-refractivity contribution is -0.902. The molecule has 3 N–H and O–H groups in total. The molecular formula is C26H48N2O2+2. The molecule has 0 radical (unpaired) electrons. The van der Waals surface area contributed by atoms with Crippen molar-refractivity contribution in [2.45, 2.75) is 91.1 Å². The molecule has 0 unspecified atom stereocenters. The third-order valence-corrected chi connectivity index (χ3v) is 8.45. The molecule has 1 heterocycles. The number of hydrogen-bond acceptors (Lipinski definition) is 2. The third kappa shape index (κ3) is 5.68. The molecule has 1 saturated heterocycles. The van der Waals surface area contributed by atoms with Crippen LogP contribution in [-0.2, 0) is 9.53 Å². The van der Waals surface area contributed by atoms with E-state index in [4.69, 9.17) is 4.74 Å². The Morgan fingerprint density at radius 3 is 2.57 bits per heavy atom. The number of rotatable bonds is 12. The van der Waals surface area contributed by atoms with E-state index in [1.54, 1.807) is 4.90 Å². The summed E-state index contributed by atoms with van der Waals surface area (Å²) in [6, 6.07) is 0. The predicted octanol–water partition coefficient (Wildman–Crippen LogP) is 2.74. The van der Waals surface area contributed by atoms with Crippen LogP contribution in [0.25, 0.3) is 0 Å². The summed E-state index contributed by atoms with van der Waals surface area (Å²) in [4.78, 5) is 14.4. The van der Waals surface area contributed by atoms with Crippen molar-refractivity contribution in [3.63, 3.8) is 0 Å². The highest BCUT2D eigenvalue weighted by atomic mass is 16.6. The van der Waals surface area contributed by atoms with Gasteiger partial charge in [-0.25, -0.2) is 0 Å². The minimum Gasteiger partial charge on any atom is -0.462 e. The molecule has 3 fully saturated rings. The lowest BCUT2D eigenvalue weighted by Crippen LogP contribution is -3.12. The Morgan fingerprint density at radius 2 is 1.87 bits per heavy atom. The zero-order chi connectivity index (χ0) is 21.6. The van der Waals surface area contributed by atoms with Crippen molar-refractivity contribution in [3.8, 4) is 0 Å². The summed E-state index contributed by atoms with van der Waals surface area (Å²) in [6.07, 6.45) is 12.5. The fourth-order valence-corrected chi connectivity index (χ4v) is 6.55. The molecule has 0 bridgehead atoms. The zero-order valence-electron chi connectivity index (χ0n) is 20.0. The predicted molar refractivity (Wildman–Crippen MR) is 122 cm³/mol. The molecule has 0 aromatic heterocycles. The summed E-state index contributed by atoms with van der Waals surface area (Å²) in [7, 11) is 0. The van der Waals surface area contributed by atoms with E-state index >= 15 is 0 Å². The van der Waals surface area contributed by atoms with E-state index in [0.717, 1.165) is 25.9 Å². The van der Waals surface area contributed by atoms with Crippen LogP contribution >= 0.6 is 0 Å². The summed E-state index contributed by atoms with van der Waals surface area (Å²) < 4.78 is 5.92. The Morgan fingerprint density at radius 1 is 1.17 bits per heavy atom. The largest absolute Gasteiger partial charge is 0.462 e. The number of fused-ring (bicyclic) bond motifs is 2. The number of allylic oxidation sites excluding steroid dienone is 1. The van der Waals surface area contributed by atoms with Crippen molar-refractivity contribution in [1.82, 2.24) is 0 Å². The molecule has 2 saturated carbocycles. The average molecular weight is 421 g/mol. The maximum atomic E-state index is 12.7. The van der Waals surface area contributed by atoms with Gasteiger partial charge in [-0.1, -0.05) is 45.8 Å². The lowest BCUT2D eigenvalue weighted by Gasteiger charge is -2.49. The van der Waals surface area contributed by atoms with Gasteiger partial charge >= 0.3 is 5.97 Å². The van der Waals surface area contributed by atoms with E-state index in [0.29, 0.717) is 17.3 Å². The quantitative estimate of drug-likeness (QED) is 0.290. The maximum absolute atomic E-state index is 12.7. The number of nitrogens with two attached hydrogens (primary N) is 1. The second kappa shape index (κ2) is 11.1. The van der Waals surface area contributed by atoms with Gasteiger partial charge in [-0.05, 0) is 56.3 Å². The molecule has 3 aliphatic rings. The second-order valence-electron chi connectivity index (χ2n) is 10.8. The number of carbonyl (C=O) groups excluding carboxylic acids is 1. The molecule has 4 nitrogen and oxygen atoms in total. The van der Waals surface area contributed by atoms with Crippen molar-refractivity contribution >= 4 is 5.97 Å². The van der Waals surface area contributed by atoms with Crippen LogP contribution in [0, 0.1) is 23.2 Å². The van der Waals surface area contributed by atoms with Crippen LogP contribution in [-0.4, -0.2) is 44.8 Å². The first-order valence-electron chi connectivity index (χ1n) is 13.0. The van der Waals surface area contributed by atoms with Crippen molar-refractivity contribution in [2.75, 3.05) is 32.7 Å². The van der Waals surface area contributed by atoms with Crippen LogP contribution < -0.4 is 10.2 Å². The van der Waals surface area contributed by atoms with E-state index in [9.17, 15) is 4.79 Å². The molecule has 0 aromatic rings. The molecular weight excluding hydrogens is 372 g/mol. The first-order chi connectivity index (χ1) is 14.5. The summed E-state index contributed by atoms with van der Waals surface area (Å²) >= 11 is 0. The summed E-state index contributed by atoms with van der Waals surface area (Å²) in [5.41, 5.74) is 1.74. The average Bonchev–Trinajstić information content (AvgIpc) is 3.01. The normalized spacial score (nSPS) is 33.5. The van der Waals surface area contributed by atoms with Gasteiger partial charge in [-0.3, -0.25) is 4.79 Å². The van der Waals surface area contributed by atoms with E-state index in [-0.39, 0.29) is 18.0 Å². The summed E-state index contributed by atoms with van der Waals surface area (Å²) in [5.74, 6) is 1.18. The van der Waals surface area contributed by atoms with Gasteiger partial charge in [0, 0.05) is 12.3 Å². The second-order valence-corrected chi connectivity index (χ2v) is 10.8. The number of ether oxygens (including phenoxy) is 1. The van der Waals surface area contributed by atoms with Crippen molar-refractivity contribution in [1.29, 1.82) is 0 Å². The van der Waals surface area contributed by atoms with E-state index in [2.05, 4.69) is 32.7 Å². The molecule has 4 heteroatoms. The maximum Gasteiger partial charge on any atom is 0.315 e. The number of nitrogens with one attached hydrogen (secondary N) is 1. The minimum atomic E-state index is 0.0762. The van der Waals surface area contributed by atoms with Gasteiger partial charge in [0.2, 0.25) is 0 Å². The molecule has 0 amide bonds. The van der Waals surface area contributed by atoms with Gasteiger partial charge in [0.25, 0.3) is 0 Å². The number of quaternary nitrogens is 2. The first kappa shape index (κ1) is 23.8. The van der Waals surface area contributed by atoms with Gasteiger partial charge < -0.3 is 15.0 Å². The standard InChI is InChI=1S/C26H46N2O2/c1-5-7-14-28(15-8-6-2)16-10-13-27-19-22-21-17-23-20(3)11-9-12-26(23,4)18-24(21)30-25(22)29/h21-24,27H,3,5-19H2,1-2,4H3/p+2/t21-,22+,23-,24+,26+/m1/s1. The molecule has 3 rings (SSSR count). The number of esters is 1. The van der Waals surface area contributed by atoms with Crippen LogP contribution in [0.1, 0.15) is 85.0 Å². The Kier molecular flexibility index (Phi) is 8.82. The molecule has 0 spiro atoms. The van der Waals surface area contributed by atoms with Crippen LogP contribution in [0.2, 0.25) is 0 Å². The fraction of sp³-hybridized carbons (Fsp3) is 0.885. The minimum absolute atomic E-state index is 0.0762. The Labute approximate surface area is 185 Å². The van der Waals surface area contributed by atoms with Crippen molar-refractivity contribution < 1.29 is 19.7 Å². The Hall–Kier alpha value is -0.870. The zero-order valence-corrected chi connectivity index (χ0v) is 20.0. The summed E-state index contributed by atoms with van der Waals surface area (Å²) in [6.45, 7) is 17.4. The highest BCUT2D eigenvalue weighted by Gasteiger charge is 2.55. The van der Waals surface area contributed by atoms with Crippen LogP contribution in [0.4, 0.5) is 0 Å². The topological polar surface area (TPSA) is 47.3 Å².